The van der Waals surface area contributed by atoms with Gasteiger partial charge in [0.2, 0.25) is 5.95 Å². The smallest absolute Gasteiger partial charge is 0.347 e. The molecule has 6 rings (SSSR count). The van der Waals surface area contributed by atoms with Crippen LogP contribution in [0.3, 0.4) is 0 Å². The number of nitrogen functional groups attached to an aromatic ring is 3. The average molecular weight is 1160 g/mol. The molecule has 0 fully saturated rings. The molecule has 0 bridgehead atoms. The van der Waals surface area contributed by atoms with Gasteiger partial charge in [-0.15, -0.1) is 0 Å². The Morgan fingerprint density at radius 3 is 1.50 bits per heavy atom. The van der Waals surface area contributed by atoms with Gasteiger partial charge in [-0.3, -0.25) is 19.6 Å². The van der Waals surface area contributed by atoms with Crippen LogP contribution in [-0.2, 0) is 202 Å². The van der Waals surface area contributed by atoms with E-state index in [0.717, 1.165) is 33.1 Å². The first kappa shape index (κ1) is 63.4. The Morgan fingerprint density at radius 2 is 0.984 bits per heavy atom. The summed E-state index contributed by atoms with van der Waals surface area (Å²) in [6, 6.07) is 0. The number of rotatable bonds is 12. The molecule has 8 N–H and O–H groups in total. The van der Waals surface area contributed by atoms with Gasteiger partial charge in [-0.05, 0) is 36.8 Å². The molecule has 0 atom stereocenters. The van der Waals surface area contributed by atoms with Gasteiger partial charge in [0.1, 0.15) is 29.3 Å². The van der Waals surface area contributed by atoms with Crippen molar-refractivity contribution in [3.05, 3.63) is 95.0 Å². The van der Waals surface area contributed by atoms with Crippen molar-refractivity contribution in [1.29, 1.82) is 0 Å². The van der Waals surface area contributed by atoms with Gasteiger partial charge in [0, 0.05) is 167 Å². The van der Waals surface area contributed by atoms with Crippen molar-refractivity contribution in [3.8, 4) is 0 Å². The van der Waals surface area contributed by atoms with Crippen LogP contribution in [0.25, 0.3) is 22.1 Å². The number of aromatic amines is 2. The summed E-state index contributed by atoms with van der Waals surface area (Å²) in [6.45, 7) is 7.62. The van der Waals surface area contributed by atoms with Gasteiger partial charge >= 0.3 is 11.4 Å². The van der Waals surface area contributed by atoms with Gasteiger partial charge in [-0.1, -0.05) is 61.3 Å². The molecule has 0 saturated heterocycles. The molecule has 0 unspecified atom stereocenters. The number of nitrogens with zero attached hydrogens (tertiary/aromatic N) is 8. The summed E-state index contributed by atoms with van der Waals surface area (Å²) >= 11 is 0. The summed E-state index contributed by atoms with van der Waals surface area (Å²) in [6.07, 6.45) is 17.5. The van der Waals surface area contributed by atoms with Crippen molar-refractivity contribution in [2.75, 3.05) is 17.2 Å². The van der Waals surface area contributed by atoms with E-state index in [1.807, 2.05) is 33.3 Å². The molecule has 0 aliphatic heterocycles. The van der Waals surface area contributed by atoms with E-state index in [0.29, 0.717) is 47.3 Å². The quantitative estimate of drug-likeness (QED) is 0.101. The standard InChI is InChI=1S/C10H11N4O2.C10H11N4O.C8H10N3O2.C8H9N2O3.CH4.4Y/c1-2-6-5-14(3-4-15)8-7(6)9(16)13-10(11)12-8;1-2-7-5-14(3-4-15)10-8(7)9(11)12-6-13-10;1-2-6-5-11(3-4-12)8(13)10-7(6)9;1-2-6-5-10(3-4-11)8(13)9-7(6)12;;;;;/h5H,2-3H2,1H3,(H3,11,12,13,16);5-6H,2-3H2,1H3,(H2,11,12,13);5H,2-3H2,1H3,(H2,9,10,13);5H,2-3H2,1H3,(H,9,12,13);1H4;;;;/q4*-1;;;;;. The number of fused-ring (bicyclic) bond motifs is 2. The molecule has 0 aromatic carbocycles. The molecule has 0 amide bonds. The minimum atomic E-state index is -0.578. The summed E-state index contributed by atoms with van der Waals surface area (Å²) in [5, 5.41) is 1.34. The SMILES string of the molecule is C.CCc1cn(C[C-]=O)c(=O)[nH]c1=O.CCc1cn(C[C-]=O)c(=O)nc1N.CCc1cn(C[C-]=O)c2nc(N)[nH]c(=O)c12.CCc1cn(C[C-]=O)c2ncnc(N)c12.[Y].[Y].[Y].[Y]. The van der Waals surface area contributed by atoms with Gasteiger partial charge in [0.05, 0.1) is 10.8 Å². The average Bonchev–Trinajstić information content (AvgIpc) is 3.73. The summed E-state index contributed by atoms with van der Waals surface area (Å²) in [7, 11) is 0. The molecule has 0 saturated carbocycles. The Balaban J connectivity index is -0.000000732. The van der Waals surface area contributed by atoms with Crippen molar-refractivity contribution < 1.29 is 150 Å². The molecule has 6 aromatic heterocycles. The second-order valence-electron chi connectivity index (χ2n) is 11.8. The van der Waals surface area contributed by atoms with Crippen LogP contribution in [0.5, 0.6) is 0 Å². The maximum Gasteiger partial charge on any atom is 0.347 e. The predicted octanol–water partition coefficient (Wildman–Crippen LogP) is -0.00310. The number of carbonyl (C=O) groups excluding carboxylic acids is 4. The monoisotopic (exact) mass is 1150 g/mol. The summed E-state index contributed by atoms with van der Waals surface area (Å²) in [5.41, 5.74) is 19.2. The molecular weight excluding hydrogens is 1110 g/mol. The number of aromatic nitrogens is 10. The molecule has 0 aliphatic carbocycles. The molecule has 4 radical (unpaired) electrons. The third-order valence-corrected chi connectivity index (χ3v) is 8.24. The van der Waals surface area contributed by atoms with Crippen molar-refractivity contribution in [2.45, 2.75) is 87.0 Å². The molecule has 0 aliphatic rings. The van der Waals surface area contributed by atoms with Gasteiger partial charge in [-0.2, -0.15) is 9.97 Å². The van der Waals surface area contributed by atoms with E-state index < -0.39 is 16.9 Å². The molecule has 6 aromatic rings. The zero-order valence-electron chi connectivity index (χ0n) is 33.9. The summed E-state index contributed by atoms with van der Waals surface area (Å²) < 4.78 is 5.61. The largest absolute Gasteiger partial charge is 0.540 e. The first-order chi connectivity index (χ1) is 27.3. The molecule has 62 heavy (non-hydrogen) atoms. The van der Waals surface area contributed by atoms with Crippen LogP contribution in [-0.4, -0.2) is 73.3 Å². The van der Waals surface area contributed by atoms with E-state index in [-0.39, 0.29) is 182 Å². The third-order valence-electron chi connectivity index (χ3n) is 8.24. The van der Waals surface area contributed by atoms with E-state index in [1.165, 1.54) is 23.3 Å². The number of nitrogens with one attached hydrogen (secondary N) is 2. The Bertz CT molecular complexity index is 2620. The Labute approximate surface area is 456 Å². The minimum absolute atomic E-state index is 0. The molecule has 322 valence electrons. The number of nitrogens with two attached hydrogens (primary N) is 3. The van der Waals surface area contributed by atoms with E-state index in [4.69, 9.17) is 17.2 Å². The predicted molar refractivity (Wildman–Crippen MR) is 218 cm³/mol. The molecule has 21 nitrogen and oxygen atoms in total. The van der Waals surface area contributed by atoms with Gasteiger partial charge in [-0.25, -0.2) is 44.7 Å². The zero-order valence-corrected chi connectivity index (χ0v) is 45.3. The van der Waals surface area contributed by atoms with E-state index in [1.54, 1.807) is 41.1 Å². The molecule has 0 spiro atoms. The first-order valence-corrected chi connectivity index (χ1v) is 17.4. The topological polar surface area (TPSA) is 317 Å². The summed E-state index contributed by atoms with van der Waals surface area (Å²) in [5.74, 6) is 0.738. The van der Waals surface area contributed by atoms with Crippen LogP contribution in [0.15, 0.2) is 50.3 Å². The third kappa shape index (κ3) is 16.9. The van der Waals surface area contributed by atoms with E-state index >= 15 is 0 Å². The van der Waals surface area contributed by atoms with Gasteiger partial charge in [0.25, 0.3) is 11.1 Å². The summed E-state index contributed by atoms with van der Waals surface area (Å²) in [4.78, 5) is 106. The Kier molecular flexibility index (Phi) is 32.6. The van der Waals surface area contributed by atoms with Crippen LogP contribution in [0.2, 0.25) is 0 Å². The van der Waals surface area contributed by atoms with Crippen LogP contribution < -0.4 is 39.7 Å². The first-order valence-electron chi connectivity index (χ1n) is 17.4. The van der Waals surface area contributed by atoms with Crippen LogP contribution >= 0.6 is 0 Å². The maximum absolute atomic E-state index is 11.7. The minimum Gasteiger partial charge on any atom is -0.540 e. The van der Waals surface area contributed by atoms with Crippen molar-refractivity contribution in [3.63, 3.8) is 0 Å². The zero-order chi connectivity index (χ0) is 42.2. The van der Waals surface area contributed by atoms with Gasteiger partial charge in [0.15, 0.2) is 0 Å². The van der Waals surface area contributed by atoms with Crippen LogP contribution in [0.1, 0.15) is 57.4 Å². The number of hydrogen-bond donors (Lipinski definition) is 5. The fourth-order valence-corrected chi connectivity index (χ4v) is 5.43. The number of aryl methyl sites for hydroxylation is 4. The van der Waals surface area contributed by atoms with E-state index in [9.17, 15) is 38.4 Å². The maximum atomic E-state index is 11.7. The second-order valence-corrected chi connectivity index (χ2v) is 11.8. The molecular formula is C37H45N13O8Y4-4. The number of H-pyrrole nitrogens is 2. The normalized spacial score (nSPS) is 9.55. The van der Waals surface area contributed by atoms with Crippen LogP contribution in [0, 0.1) is 0 Å². The second kappa shape index (κ2) is 31.9. The molecule has 6 heterocycles. The van der Waals surface area contributed by atoms with Crippen molar-refractivity contribution >= 4 is 64.8 Å². The van der Waals surface area contributed by atoms with Crippen molar-refractivity contribution in [2.24, 2.45) is 0 Å². The van der Waals surface area contributed by atoms with Crippen LogP contribution in [0.4, 0.5) is 17.6 Å². The number of anilines is 3. The molecule has 25 heteroatoms. The Morgan fingerprint density at radius 1 is 0.532 bits per heavy atom. The van der Waals surface area contributed by atoms with Crippen molar-refractivity contribution in [1.82, 2.24) is 48.2 Å². The van der Waals surface area contributed by atoms with E-state index in [2.05, 4.69) is 29.9 Å². The Hall–Kier alpha value is -2.90. The fraction of sp³-hybridized carbons (Fsp3) is 0.351. The van der Waals surface area contributed by atoms with Gasteiger partial charge < -0.3 is 54.6 Å². The number of hydrogen-bond acceptors (Lipinski definition) is 15. The fourth-order valence-electron chi connectivity index (χ4n) is 5.43.